The zero-order valence-electron chi connectivity index (χ0n) is 35.9. The number of hydrogen-bond donors (Lipinski definition) is 6. The number of ketones is 2. The number of piperidine rings is 1. The molecule has 6 N–H and O–H groups in total. The molecule has 1 amide bonds. The number of carbonyl (C=O) groups is 3. The van der Waals surface area contributed by atoms with Gasteiger partial charge in [0.25, 0.3) is 5.91 Å². The second-order valence-corrected chi connectivity index (χ2v) is 17.8. The minimum absolute atomic E-state index is 0.000968. The van der Waals surface area contributed by atoms with Crippen molar-refractivity contribution in [3.63, 3.8) is 0 Å². The Hall–Kier alpha value is -3.63. The van der Waals surface area contributed by atoms with Crippen LogP contribution in [0.15, 0.2) is 71.0 Å². The molecule has 3 fully saturated rings. The fourth-order valence-corrected chi connectivity index (χ4v) is 9.17. The number of methoxy groups -OCH3 is 1. The minimum Gasteiger partial charge on any atom is -0.454 e. The highest BCUT2D eigenvalue weighted by Crippen LogP contribution is 2.47. The maximum atomic E-state index is 14.2. The van der Waals surface area contributed by atoms with E-state index in [1.807, 2.05) is 4.90 Å². The zero-order valence-corrected chi connectivity index (χ0v) is 35.9. The Morgan fingerprint density at radius 3 is 2.22 bits per heavy atom. The van der Waals surface area contributed by atoms with Crippen LogP contribution in [0.1, 0.15) is 81.6 Å². The number of nitrogens with one attached hydrogen (secondary N) is 2. The van der Waals surface area contributed by atoms with E-state index >= 15 is 0 Å². The van der Waals surface area contributed by atoms with Crippen molar-refractivity contribution in [2.24, 2.45) is 29.6 Å². The number of allylic oxidation sites excluding steroid dienone is 4. The maximum Gasteiger partial charge on any atom is 0.312 e. The van der Waals surface area contributed by atoms with E-state index in [4.69, 9.17) is 14.2 Å². The SMILES string of the molecule is C=C1C(=O)[C@@]2(C)O/C=C/[C@H](OC)[C@@H](C)[C@@H](O)[C@H](C)[C@H](O)[C@H](C)[C@@H](O)[C@@H](C)/C=C/C=C(/C)C(=O)NC3=C4CN(C5(CCN(CC(C)C)CC5)N4)C(O)(CC3=O)C(C)=C1O2. The summed E-state index contributed by atoms with van der Waals surface area (Å²) in [4.78, 5) is 46.0. The largest absolute Gasteiger partial charge is 0.454 e. The third-order valence-corrected chi connectivity index (χ3v) is 13.1. The lowest BCUT2D eigenvalue weighted by Crippen LogP contribution is -2.66. The van der Waals surface area contributed by atoms with Gasteiger partial charge in [0, 0.05) is 75.0 Å². The molecular formula is C44H66N4O10. The van der Waals surface area contributed by atoms with Gasteiger partial charge in [0.05, 0.1) is 54.0 Å². The lowest BCUT2D eigenvalue weighted by molar-refractivity contribution is -0.172. The monoisotopic (exact) mass is 810 g/mol. The van der Waals surface area contributed by atoms with Crippen LogP contribution in [-0.4, -0.2) is 123 Å². The second kappa shape index (κ2) is 17.5. The number of likely N-dealkylation sites (tertiary alicyclic amines) is 1. The van der Waals surface area contributed by atoms with Crippen LogP contribution in [0, 0.1) is 29.6 Å². The number of hydrogen-bond acceptors (Lipinski definition) is 13. The summed E-state index contributed by atoms with van der Waals surface area (Å²) in [5, 5.41) is 53.3. The molecule has 0 aromatic rings. The first-order valence-electron chi connectivity index (χ1n) is 20.6. The van der Waals surface area contributed by atoms with E-state index in [2.05, 4.69) is 36.0 Å². The van der Waals surface area contributed by atoms with E-state index in [9.17, 15) is 34.8 Å². The molecule has 0 aromatic heterocycles. The summed E-state index contributed by atoms with van der Waals surface area (Å²) < 4.78 is 17.9. The first kappa shape index (κ1) is 45.5. The topological polar surface area (TPSA) is 190 Å². The highest BCUT2D eigenvalue weighted by molar-refractivity contribution is 6.07. The summed E-state index contributed by atoms with van der Waals surface area (Å²) in [7, 11) is 1.47. The third-order valence-electron chi connectivity index (χ3n) is 13.1. The highest BCUT2D eigenvalue weighted by atomic mass is 16.7. The van der Waals surface area contributed by atoms with Crippen LogP contribution >= 0.6 is 0 Å². The van der Waals surface area contributed by atoms with Crippen molar-refractivity contribution in [3.05, 3.63) is 71.0 Å². The number of amides is 1. The number of aliphatic hydroxyl groups is 4. The van der Waals surface area contributed by atoms with Crippen LogP contribution in [0.25, 0.3) is 0 Å². The summed E-state index contributed by atoms with van der Waals surface area (Å²) in [6, 6.07) is 0. The van der Waals surface area contributed by atoms with Gasteiger partial charge >= 0.3 is 5.79 Å². The number of Topliss-reactive ketones (excluding diaryl/α,β-unsaturated/α-hetero) is 2. The number of aliphatic hydroxyl groups excluding tert-OH is 3. The molecule has 14 nitrogen and oxygen atoms in total. The van der Waals surface area contributed by atoms with Crippen LogP contribution in [0.4, 0.5) is 0 Å². The molecule has 5 aliphatic heterocycles. The van der Waals surface area contributed by atoms with Gasteiger partial charge in [-0.2, -0.15) is 0 Å². The summed E-state index contributed by atoms with van der Waals surface area (Å²) in [5.41, 5.74) is -1.77. The molecule has 0 aromatic carbocycles. The Bertz CT molecular complexity index is 1780. The number of nitrogens with zero attached hydrogens (tertiary/aromatic N) is 2. The van der Waals surface area contributed by atoms with Crippen molar-refractivity contribution in [1.82, 2.24) is 20.4 Å². The fourth-order valence-electron chi connectivity index (χ4n) is 9.17. The third kappa shape index (κ3) is 8.65. The van der Waals surface area contributed by atoms with Crippen LogP contribution < -0.4 is 10.6 Å². The maximum absolute atomic E-state index is 14.2. The Morgan fingerprint density at radius 2 is 1.60 bits per heavy atom. The molecule has 3 saturated heterocycles. The van der Waals surface area contributed by atoms with Gasteiger partial charge in [0.15, 0.2) is 11.5 Å². The molecule has 14 heteroatoms. The van der Waals surface area contributed by atoms with Crippen molar-refractivity contribution < 1.29 is 49.0 Å². The van der Waals surface area contributed by atoms with E-state index in [0.29, 0.717) is 30.0 Å². The lowest BCUT2D eigenvalue weighted by atomic mass is 9.78. The zero-order chi connectivity index (χ0) is 43.1. The molecule has 5 rings (SSSR count). The van der Waals surface area contributed by atoms with Gasteiger partial charge in [-0.25, -0.2) is 4.90 Å². The van der Waals surface area contributed by atoms with E-state index in [-0.39, 0.29) is 29.1 Å². The van der Waals surface area contributed by atoms with E-state index < -0.39 is 89.2 Å². The predicted octanol–water partition coefficient (Wildman–Crippen LogP) is 3.16. The van der Waals surface area contributed by atoms with Crippen LogP contribution in [-0.2, 0) is 28.6 Å². The lowest BCUT2D eigenvalue weighted by Gasteiger charge is -2.51. The molecule has 0 saturated carbocycles. The van der Waals surface area contributed by atoms with E-state index in [1.165, 1.54) is 20.3 Å². The van der Waals surface area contributed by atoms with Crippen LogP contribution in [0.3, 0.4) is 0 Å². The molecule has 5 aliphatic rings. The summed E-state index contributed by atoms with van der Waals surface area (Å²) >= 11 is 0. The fraction of sp³-hybridized carbons (Fsp3) is 0.659. The van der Waals surface area contributed by atoms with Gasteiger partial charge < -0.3 is 50.2 Å². The quantitative estimate of drug-likeness (QED) is 0.228. The van der Waals surface area contributed by atoms with E-state index in [1.54, 1.807) is 65.8 Å². The summed E-state index contributed by atoms with van der Waals surface area (Å²) in [5.74, 6) is -5.35. The average molecular weight is 811 g/mol. The van der Waals surface area contributed by atoms with E-state index in [0.717, 1.165) is 19.6 Å². The van der Waals surface area contributed by atoms with Gasteiger partial charge in [-0.15, -0.1) is 0 Å². The number of ether oxygens (including phenoxy) is 3. The molecule has 0 radical (unpaired) electrons. The molecule has 2 unspecified atom stereocenters. The summed E-state index contributed by atoms with van der Waals surface area (Å²) in [6.45, 7) is 22.5. The van der Waals surface area contributed by atoms with Crippen molar-refractivity contribution in [1.29, 1.82) is 0 Å². The predicted molar refractivity (Wildman–Crippen MR) is 218 cm³/mol. The molecular weight excluding hydrogens is 745 g/mol. The van der Waals surface area contributed by atoms with Crippen molar-refractivity contribution in [2.75, 3.05) is 33.3 Å². The Balaban J connectivity index is 1.59. The minimum atomic E-state index is -1.97. The van der Waals surface area contributed by atoms with Crippen molar-refractivity contribution >= 4 is 17.5 Å². The van der Waals surface area contributed by atoms with Crippen LogP contribution in [0.5, 0.6) is 0 Å². The Kier molecular flexibility index (Phi) is 13.7. The molecule has 6 bridgehead atoms. The molecule has 1 spiro atoms. The molecule has 11 atom stereocenters. The van der Waals surface area contributed by atoms with Gasteiger partial charge in [-0.1, -0.05) is 66.3 Å². The summed E-state index contributed by atoms with van der Waals surface area (Å²) in [6.07, 6.45) is 4.68. The normalized spacial score (nSPS) is 40.3. The standard InChI is InChI=1S/C44H66N4O10/c1-24(2)22-47-18-16-43(17-19-47)46-32-23-48(43)44(55)21-33(49)35(32)45-41(54)26(4)14-12-13-25(3)36(50)28(6)38(52)29(7)37(51)27(5)34(56-11)15-20-57-42(10)40(53)30(8)39(58-42)31(44)9/h12-15,20,24-25,27-29,34,36-38,46,50-52,55H,8,16-19,21-23H2,1-7,9-11H3,(H,45,54)/b13-12+,20-15+,26-14-,39-31?/t25-,27+,28+,29-,34-,36-,37+,38+,42-,44?/m0/s1. The van der Waals surface area contributed by atoms with Gasteiger partial charge in [0.2, 0.25) is 5.78 Å². The second-order valence-electron chi connectivity index (χ2n) is 17.8. The Labute approximate surface area is 343 Å². The van der Waals surface area contributed by atoms with Gasteiger partial charge in [-0.05, 0) is 38.7 Å². The number of rotatable bonds is 3. The smallest absolute Gasteiger partial charge is 0.312 e. The molecule has 322 valence electrons. The highest BCUT2D eigenvalue weighted by Gasteiger charge is 2.59. The first-order chi connectivity index (χ1) is 27.1. The molecule has 58 heavy (non-hydrogen) atoms. The van der Waals surface area contributed by atoms with Gasteiger partial charge in [-0.3, -0.25) is 14.4 Å². The number of carbonyl (C=O) groups excluding carboxylic acids is 3. The molecule has 0 aliphatic carbocycles. The number of fused-ring (bicyclic) bond motifs is 9. The van der Waals surface area contributed by atoms with Gasteiger partial charge in [0.1, 0.15) is 11.5 Å². The Morgan fingerprint density at radius 1 is 0.983 bits per heavy atom. The first-order valence-corrected chi connectivity index (χ1v) is 20.6. The van der Waals surface area contributed by atoms with Crippen molar-refractivity contribution in [3.8, 4) is 0 Å². The average Bonchev–Trinajstić information content (AvgIpc) is 3.63. The van der Waals surface area contributed by atoms with Crippen LogP contribution in [0.2, 0.25) is 0 Å². The molecule has 5 heterocycles. The van der Waals surface area contributed by atoms with Crippen molar-refractivity contribution in [2.45, 2.75) is 123 Å².